The Balaban J connectivity index is 2.00. The number of carboxylic acid groups (broad SMARTS) is 1. The summed E-state index contributed by atoms with van der Waals surface area (Å²) in [5.74, 6) is -0.00963. The van der Waals surface area contributed by atoms with Crippen molar-refractivity contribution in [2.45, 2.75) is 38.2 Å². The van der Waals surface area contributed by atoms with E-state index in [2.05, 4.69) is 10.5 Å². The van der Waals surface area contributed by atoms with E-state index in [-0.39, 0.29) is 17.9 Å². The Morgan fingerprint density at radius 1 is 1.65 bits per heavy atom. The van der Waals surface area contributed by atoms with E-state index in [0.717, 1.165) is 5.69 Å². The summed E-state index contributed by atoms with van der Waals surface area (Å²) in [6, 6.07) is 0.565. The summed E-state index contributed by atoms with van der Waals surface area (Å²) in [6.07, 6.45) is 0.712. The van der Waals surface area contributed by atoms with Gasteiger partial charge in [-0.25, -0.2) is 9.59 Å². The number of thioether (sulfide) groups is 1. The van der Waals surface area contributed by atoms with E-state index >= 15 is 0 Å². The molecular weight excluding hydrogens is 282 g/mol. The fourth-order valence-corrected chi connectivity index (χ4v) is 3.44. The molecule has 1 aliphatic heterocycles. The van der Waals surface area contributed by atoms with Crippen molar-refractivity contribution in [2.75, 3.05) is 5.75 Å². The lowest BCUT2D eigenvalue weighted by atomic mass is 10.3. The molecule has 2 unspecified atom stereocenters. The van der Waals surface area contributed by atoms with E-state index in [1.807, 2.05) is 6.92 Å². The predicted molar refractivity (Wildman–Crippen MR) is 73.3 cm³/mol. The molecule has 2 rings (SSSR count). The summed E-state index contributed by atoms with van der Waals surface area (Å²) in [4.78, 5) is 24.8. The molecular formula is C12H17N3O4S. The molecule has 1 saturated heterocycles. The number of carbonyl (C=O) groups is 2. The van der Waals surface area contributed by atoms with Crippen LogP contribution in [-0.4, -0.2) is 44.3 Å². The number of hydrogen-bond donors (Lipinski definition) is 2. The standard InChI is InChI=1S/C12H17N3O4S/c1-3-10-15(9(6-20-10)11(16)17)12(18)13-5-8-4-7(2)14-19-8/h4,9-10H,3,5-6H2,1-2H3,(H,13,18)(H,16,17). The second kappa shape index (κ2) is 6.17. The quantitative estimate of drug-likeness (QED) is 0.873. The largest absolute Gasteiger partial charge is 0.480 e. The van der Waals surface area contributed by atoms with Gasteiger partial charge >= 0.3 is 12.0 Å². The van der Waals surface area contributed by atoms with Crippen molar-refractivity contribution in [3.63, 3.8) is 0 Å². The molecule has 110 valence electrons. The molecule has 7 nitrogen and oxygen atoms in total. The average Bonchev–Trinajstić information content (AvgIpc) is 3.01. The van der Waals surface area contributed by atoms with E-state index in [1.165, 1.54) is 16.7 Å². The Morgan fingerprint density at radius 3 is 2.95 bits per heavy atom. The summed E-state index contributed by atoms with van der Waals surface area (Å²) in [7, 11) is 0. The molecule has 8 heteroatoms. The molecule has 1 fully saturated rings. The van der Waals surface area contributed by atoms with Crippen molar-refractivity contribution in [1.29, 1.82) is 0 Å². The maximum absolute atomic E-state index is 12.2. The molecule has 0 aliphatic carbocycles. The maximum atomic E-state index is 12.2. The van der Waals surface area contributed by atoms with Crippen LogP contribution in [-0.2, 0) is 11.3 Å². The van der Waals surface area contributed by atoms with Gasteiger partial charge in [0.15, 0.2) is 5.76 Å². The highest BCUT2D eigenvalue weighted by atomic mass is 32.2. The van der Waals surface area contributed by atoms with Crippen LogP contribution >= 0.6 is 11.8 Å². The first-order chi connectivity index (χ1) is 9.52. The fraction of sp³-hybridized carbons (Fsp3) is 0.583. The third kappa shape index (κ3) is 3.06. The Labute approximate surface area is 120 Å². The lowest BCUT2D eigenvalue weighted by Gasteiger charge is -2.26. The van der Waals surface area contributed by atoms with Crippen LogP contribution in [0.1, 0.15) is 24.8 Å². The molecule has 1 aromatic rings. The van der Waals surface area contributed by atoms with Gasteiger partial charge in [-0.05, 0) is 13.3 Å². The minimum absolute atomic E-state index is 0.104. The normalized spacial score (nSPS) is 22.0. The van der Waals surface area contributed by atoms with Gasteiger partial charge in [0.2, 0.25) is 0 Å². The minimum atomic E-state index is -0.973. The highest BCUT2D eigenvalue weighted by Crippen LogP contribution is 2.31. The number of rotatable bonds is 4. The van der Waals surface area contributed by atoms with Crippen LogP contribution in [0.15, 0.2) is 10.6 Å². The number of aryl methyl sites for hydroxylation is 1. The van der Waals surface area contributed by atoms with Crippen LogP contribution in [0.25, 0.3) is 0 Å². The zero-order chi connectivity index (χ0) is 14.7. The first-order valence-corrected chi connectivity index (χ1v) is 7.40. The van der Waals surface area contributed by atoms with Gasteiger partial charge in [0.25, 0.3) is 0 Å². The molecule has 2 amide bonds. The smallest absolute Gasteiger partial charge is 0.327 e. The van der Waals surface area contributed by atoms with Crippen molar-refractivity contribution >= 4 is 23.8 Å². The highest BCUT2D eigenvalue weighted by molar-refractivity contribution is 8.00. The molecule has 2 atom stereocenters. The van der Waals surface area contributed by atoms with Crippen molar-refractivity contribution in [2.24, 2.45) is 0 Å². The number of carboxylic acids is 1. The zero-order valence-corrected chi connectivity index (χ0v) is 12.1. The highest BCUT2D eigenvalue weighted by Gasteiger charge is 2.40. The third-order valence-corrected chi connectivity index (χ3v) is 4.51. The molecule has 20 heavy (non-hydrogen) atoms. The minimum Gasteiger partial charge on any atom is -0.480 e. The zero-order valence-electron chi connectivity index (χ0n) is 11.3. The summed E-state index contributed by atoms with van der Waals surface area (Å²) in [6.45, 7) is 3.92. The predicted octanol–water partition coefficient (Wildman–Crippen LogP) is 1.43. The Bertz CT molecular complexity index is 505. The fourth-order valence-electron chi connectivity index (χ4n) is 2.09. The average molecular weight is 299 g/mol. The number of nitrogens with one attached hydrogen (secondary N) is 1. The van der Waals surface area contributed by atoms with Gasteiger partial charge < -0.3 is 14.9 Å². The van der Waals surface area contributed by atoms with Gasteiger partial charge in [-0.1, -0.05) is 12.1 Å². The van der Waals surface area contributed by atoms with Crippen molar-refractivity contribution in [3.8, 4) is 0 Å². The molecule has 1 aliphatic rings. The summed E-state index contributed by atoms with van der Waals surface area (Å²) in [5.41, 5.74) is 0.737. The molecule has 2 N–H and O–H groups in total. The van der Waals surface area contributed by atoms with E-state index in [9.17, 15) is 14.7 Å². The third-order valence-electron chi connectivity index (χ3n) is 3.05. The topological polar surface area (TPSA) is 95.7 Å². The van der Waals surface area contributed by atoms with Gasteiger partial charge in [0, 0.05) is 11.8 Å². The van der Waals surface area contributed by atoms with Crippen molar-refractivity contribution < 1.29 is 19.2 Å². The van der Waals surface area contributed by atoms with E-state index in [1.54, 1.807) is 13.0 Å². The molecule has 1 aromatic heterocycles. The van der Waals surface area contributed by atoms with Crippen LogP contribution in [0.5, 0.6) is 0 Å². The molecule has 0 aromatic carbocycles. The van der Waals surface area contributed by atoms with Crippen molar-refractivity contribution in [3.05, 3.63) is 17.5 Å². The number of carbonyl (C=O) groups excluding carboxylic acids is 1. The first kappa shape index (κ1) is 14.7. The van der Waals surface area contributed by atoms with Crippen LogP contribution in [0.3, 0.4) is 0 Å². The van der Waals surface area contributed by atoms with E-state index in [4.69, 9.17) is 4.52 Å². The second-order valence-electron chi connectivity index (χ2n) is 4.55. The Morgan fingerprint density at radius 2 is 2.40 bits per heavy atom. The number of nitrogens with zero attached hydrogens (tertiary/aromatic N) is 2. The summed E-state index contributed by atoms with van der Waals surface area (Å²) in [5, 5.41) is 15.5. The van der Waals surface area contributed by atoms with Gasteiger partial charge in [0.1, 0.15) is 6.04 Å². The van der Waals surface area contributed by atoms with Crippen LogP contribution < -0.4 is 5.32 Å². The second-order valence-corrected chi connectivity index (χ2v) is 5.76. The van der Waals surface area contributed by atoms with Crippen molar-refractivity contribution in [1.82, 2.24) is 15.4 Å². The molecule has 0 bridgehead atoms. The van der Waals surface area contributed by atoms with E-state index in [0.29, 0.717) is 17.9 Å². The first-order valence-electron chi connectivity index (χ1n) is 6.35. The lowest BCUT2D eigenvalue weighted by molar-refractivity contribution is -0.141. The molecule has 0 spiro atoms. The number of hydrogen-bond acceptors (Lipinski definition) is 5. The maximum Gasteiger partial charge on any atom is 0.327 e. The number of aliphatic carboxylic acids is 1. The summed E-state index contributed by atoms with van der Waals surface area (Å²) >= 11 is 1.49. The van der Waals surface area contributed by atoms with Gasteiger partial charge in [0.05, 0.1) is 17.6 Å². The Kier molecular flexibility index (Phi) is 4.53. The lowest BCUT2D eigenvalue weighted by Crippen LogP contribution is -2.49. The molecule has 2 heterocycles. The number of urea groups is 1. The molecule has 0 radical (unpaired) electrons. The van der Waals surface area contributed by atoms with E-state index < -0.39 is 12.0 Å². The van der Waals surface area contributed by atoms with Crippen LogP contribution in [0.4, 0.5) is 4.79 Å². The van der Waals surface area contributed by atoms with Gasteiger partial charge in [-0.3, -0.25) is 4.90 Å². The SMILES string of the molecule is CCC1SCC(C(=O)O)N1C(=O)NCc1cc(C)no1. The van der Waals surface area contributed by atoms with Crippen LogP contribution in [0.2, 0.25) is 0 Å². The number of amides is 2. The van der Waals surface area contributed by atoms with Gasteiger partial charge in [-0.15, -0.1) is 11.8 Å². The Hall–Kier alpha value is -1.70. The molecule has 0 saturated carbocycles. The van der Waals surface area contributed by atoms with Gasteiger partial charge in [-0.2, -0.15) is 0 Å². The monoisotopic (exact) mass is 299 g/mol. The van der Waals surface area contributed by atoms with Crippen LogP contribution in [0, 0.1) is 6.92 Å². The number of aromatic nitrogens is 1. The summed E-state index contributed by atoms with van der Waals surface area (Å²) < 4.78 is 5.00.